The summed E-state index contributed by atoms with van der Waals surface area (Å²) in [5.74, 6) is 0.0365. The Morgan fingerprint density at radius 1 is 1.36 bits per heavy atom. The maximum atomic E-state index is 12.7. The van der Waals surface area contributed by atoms with E-state index in [0.29, 0.717) is 5.02 Å². The number of nitrogens with one attached hydrogen (secondary N) is 2. The first-order valence-corrected chi connectivity index (χ1v) is 7.30. The highest BCUT2D eigenvalue weighted by Crippen LogP contribution is 2.30. The fraction of sp³-hybridized carbons (Fsp3) is 0.312. The van der Waals surface area contributed by atoms with Crippen LogP contribution < -0.4 is 10.2 Å². The summed E-state index contributed by atoms with van der Waals surface area (Å²) in [6, 6.07) is 5.33. The van der Waals surface area contributed by atoms with Crippen LogP contribution in [-0.4, -0.2) is 17.9 Å². The van der Waals surface area contributed by atoms with Crippen molar-refractivity contribution in [3.63, 3.8) is 0 Å². The third-order valence-electron chi connectivity index (χ3n) is 4.15. The zero-order chi connectivity index (χ0) is 15.1. The molecule has 6 heteroatoms. The molecule has 0 aliphatic carbocycles. The zero-order valence-electron chi connectivity index (χ0n) is 12.7. The second-order valence-corrected chi connectivity index (χ2v) is 5.90. The molecule has 0 unspecified atom stereocenters. The summed E-state index contributed by atoms with van der Waals surface area (Å²) in [6.07, 6.45) is 1.92. The van der Waals surface area contributed by atoms with Crippen LogP contribution in [0.3, 0.4) is 0 Å². The number of amides is 1. The van der Waals surface area contributed by atoms with E-state index in [1.54, 1.807) is 11.9 Å². The number of carbonyl (C=O) groups excluding carboxylic acids is 1. The van der Waals surface area contributed by atoms with Gasteiger partial charge in [0, 0.05) is 41.8 Å². The Hall–Kier alpha value is -1.49. The van der Waals surface area contributed by atoms with Crippen molar-refractivity contribution in [2.75, 3.05) is 11.9 Å². The van der Waals surface area contributed by atoms with Gasteiger partial charge in [-0.15, -0.1) is 12.4 Å². The van der Waals surface area contributed by atoms with Gasteiger partial charge in [0.25, 0.3) is 0 Å². The normalized spacial score (nSPS) is 16.1. The standard InChI is InChI=1S/C16H18ClN3O.ClH/c1-9-6-11(4-5-14(9)17)20(3)16(21)15-13-8-18-10(2)12(13)7-19-15;/h4-6,8,15,18-19H,7H2,1-3H3;1H/t15-;/m0./s1. The largest absolute Gasteiger partial charge is 0.365 e. The summed E-state index contributed by atoms with van der Waals surface area (Å²) in [4.78, 5) is 17.6. The van der Waals surface area contributed by atoms with Gasteiger partial charge in [0.1, 0.15) is 6.04 Å². The first kappa shape index (κ1) is 16.9. The third-order valence-corrected chi connectivity index (χ3v) is 4.57. The van der Waals surface area contributed by atoms with Gasteiger partial charge in [0.15, 0.2) is 0 Å². The molecule has 1 atom stereocenters. The van der Waals surface area contributed by atoms with Gasteiger partial charge in [0.05, 0.1) is 0 Å². The van der Waals surface area contributed by atoms with Crippen molar-refractivity contribution in [3.8, 4) is 0 Å². The van der Waals surface area contributed by atoms with Crippen molar-refractivity contribution >= 4 is 35.6 Å². The number of aromatic amines is 1. The zero-order valence-corrected chi connectivity index (χ0v) is 14.3. The van der Waals surface area contributed by atoms with Crippen molar-refractivity contribution < 1.29 is 4.79 Å². The van der Waals surface area contributed by atoms with E-state index < -0.39 is 0 Å². The number of carbonyl (C=O) groups is 1. The number of aryl methyl sites for hydroxylation is 2. The molecular formula is C16H19Cl2N3O. The molecule has 1 aromatic carbocycles. The summed E-state index contributed by atoms with van der Waals surface area (Å²) >= 11 is 6.04. The van der Waals surface area contributed by atoms with Crippen LogP contribution in [0.2, 0.25) is 5.02 Å². The quantitative estimate of drug-likeness (QED) is 0.879. The molecule has 2 aromatic rings. The molecule has 0 saturated heterocycles. The highest BCUT2D eigenvalue weighted by molar-refractivity contribution is 6.31. The lowest BCUT2D eigenvalue weighted by Crippen LogP contribution is -2.35. The average molecular weight is 340 g/mol. The van der Waals surface area contributed by atoms with Crippen molar-refractivity contribution in [2.45, 2.75) is 26.4 Å². The lowest BCUT2D eigenvalue weighted by Gasteiger charge is -2.22. The second-order valence-electron chi connectivity index (χ2n) is 5.49. The molecule has 0 fully saturated rings. The molecule has 22 heavy (non-hydrogen) atoms. The van der Waals surface area contributed by atoms with Crippen molar-refractivity contribution in [2.24, 2.45) is 0 Å². The topological polar surface area (TPSA) is 48.1 Å². The van der Waals surface area contributed by atoms with Crippen LogP contribution in [0, 0.1) is 13.8 Å². The predicted octanol–water partition coefficient (Wildman–Crippen LogP) is 3.51. The number of fused-ring (bicyclic) bond motifs is 1. The first-order valence-electron chi connectivity index (χ1n) is 6.93. The number of aromatic nitrogens is 1. The van der Waals surface area contributed by atoms with E-state index in [1.807, 2.05) is 38.2 Å². The Labute approximate surface area is 141 Å². The van der Waals surface area contributed by atoms with Crippen LogP contribution in [0.1, 0.15) is 28.4 Å². The van der Waals surface area contributed by atoms with E-state index >= 15 is 0 Å². The molecule has 1 aliphatic heterocycles. The van der Waals surface area contributed by atoms with Gasteiger partial charge in [-0.1, -0.05) is 11.6 Å². The van der Waals surface area contributed by atoms with Gasteiger partial charge in [0.2, 0.25) is 5.91 Å². The van der Waals surface area contributed by atoms with Crippen molar-refractivity contribution in [1.82, 2.24) is 10.3 Å². The molecule has 4 nitrogen and oxygen atoms in total. The summed E-state index contributed by atoms with van der Waals surface area (Å²) < 4.78 is 0. The van der Waals surface area contributed by atoms with E-state index in [2.05, 4.69) is 10.3 Å². The molecule has 2 heterocycles. The maximum Gasteiger partial charge on any atom is 0.248 e. The monoisotopic (exact) mass is 339 g/mol. The van der Waals surface area contributed by atoms with Crippen LogP contribution in [0.15, 0.2) is 24.4 Å². The van der Waals surface area contributed by atoms with Crippen molar-refractivity contribution in [1.29, 1.82) is 0 Å². The summed E-state index contributed by atoms with van der Waals surface area (Å²) in [5.41, 5.74) is 5.19. The Morgan fingerprint density at radius 2 is 2.09 bits per heavy atom. The molecule has 3 rings (SSSR count). The number of anilines is 1. The van der Waals surface area contributed by atoms with Crippen LogP contribution in [0.5, 0.6) is 0 Å². The average Bonchev–Trinajstić information content (AvgIpc) is 3.04. The van der Waals surface area contributed by atoms with Gasteiger partial charge < -0.3 is 9.88 Å². The van der Waals surface area contributed by atoms with Gasteiger partial charge in [-0.25, -0.2) is 0 Å². The molecule has 1 aromatic heterocycles. The summed E-state index contributed by atoms with van der Waals surface area (Å²) in [5, 5.41) is 3.99. The molecule has 0 spiro atoms. The fourth-order valence-corrected chi connectivity index (χ4v) is 2.88. The van der Waals surface area contributed by atoms with E-state index in [0.717, 1.165) is 29.1 Å². The van der Waals surface area contributed by atoms with Crippen LogP contribution in [0.4, 0.5) is 5.69 Å². The smallest absolute Gasteiger partial charge is 0.248 e. The van der Waals surface area contributed by atoms with Crippen molar-refractivity contribution in [3.05, 3.63) is 51.8 Å². The minimum atomic E-state index is -0.286. The molecule has 2 N–H and O–H groups in total. The molecule has 0 radical (unpaired) electrons. The molecule has 0 saturated carbocycles. The Balaban J connectivity index is 0.00000176. The Bertz CT molecular complexity index is 711. The number of likely N-dealkylation sites (N-methyl/N-ethyl adjacent to an activating group) is 1. The van der Waals surface area contributed by atoms with E-state index in [1.165, 1.54) is 5.56 Å². The Morgan fingerprint density at radius 3 is 2.77 bits per heavy atom. The van der Waals surface area contributed by atoms with Gasteiger partial charge in [-0.3, -0.25) is 10.1 Å². The lowest BCUT2D eigenvalue weighted by atomic mass is 10.1. The molecule has 1 amide bonds. The van der Waals surface area contributed by atoms with Gasteiger partial charge in [-0.2, -0.15) is 0 Å². The molecule has 0 bridgehead atoms. The minimum absolute atomic E-state index is 0. The van der Waals surface area contributed by atoms with E-state index in [9.17, 15) is 4.79 Å². The molecule has 1 aliphatic rings. The number of halogens is 2. The van der Waals surface area contributed by atoms with Crippen LogP contribution in [-0.2, 0) is 11.3 Å². The van der Waals surface area contributed by atoms with E-state index in [-0.39, 0.29) is 24.4 Å². The summed E-state index contributed by atoms with van der Waals surface area (Å²) in [7, 11) is 1.80. The SMILES string of the molecule is Cc1cc(N(C)C(=O)[C@H]2NCc3c2c[nH]c3C)ccc1Cl.Cl. The molecule has 118 valence electrons. The number of hydrogen-bond donors (Lipinski definition) is 2. The van der Waals surface area contributed by atoms with Gasteiger partial charge in [-0.05, 0) is 43.2 Å². The number of nitrogens with zero attached hydrogens (tertiary/aromatic N) is 1. The lowest BCUT2D eigenvalue weighted by molar-refractivity contribution is -0.120. The predicted molar refractivity (Wildman–Crippen MR) is 92.0 cm³/mol. The number of H-pyrrole nitrogens is 1. The van der Waals surface area contributed by atoms with Gasteiger partial charge >= 0.3 is 0 Å². The second kappa shape index (κ2) is 6.32. The first-order chi connectivity index (χ1) is 9.99. The fourth-order valence-electron chi connectivity index (χ4n) is 2.76. The third kappa shape index (κ3) is 2.74. The molecular weight excluding hydrogens is 321 g/mol. The highest BCUT2D eigenvalue weighted by Gasteiger charge is 2.32. The minimum Gasteiger partial charge on any atom is -0.365 e. The van der Waals surface area contributed by atoms with E-state index in [4.69, 9.17) is 11.6 Å². The maximum absolute atomic E-state index is 12.7. The Kier molecular flexibility index (Phi) is 4.85. The number of hydrogen-bond acceptors (Lipinski definition) is 2. The van der Waals surface area contributed by atoms with Crippen LogP contribution in [0.25, 0.3) is 0 Å². The number of rotatable bonds is 2. The summed E-state index contributed by atoms with van der Waals surface area (Å²) in [6.45, 7) is 4.69. The number of benzene rings is 1. The highest BCUT2D eigenvalue weighted by atomic mass is 35.5. The van der Waals surface area contributed by atoms with Crippen LogP contribution >= 0.6 is 24.0 Å².